The van der Waals surface area contributed by atoms with Gasteiger partial charge < -0.3 is 19.6 Å². The van der Waals surface area contributed by atoms with Crippen molar-refractivity contribution >= 4 is 17.3 Å². The molecule has 0 radical (unpaired) electrons. The molecule has 0 bridgehead atoms. The number of amides is 1. The quantitative estimate of drug-likeness (QED) is 0.618. The molecule has 0 saturated carbocycles. The highest BCUT2D eigenvalue weighted by atomic mass is 19.1. The molecule has 1 atom stereocenters. The first kappa shape index (κ1) is 20.4. The monoisotopic (exact) mass is 413 g/mol. The van der Waals surface area contributed by atoms with Crippen molar-refractivity contribution in [1.82, 2.24) is 14.4 Å². The molecule has 2 aromatic rings. The van der Waals surface area contributed by atoms with Crippen molar-refractivity contribution in [3.63, 3.8) is 0 Å². The SMILES string of the molecule is CCCN1CC(N2CCN(c3ccc(F)cc3)CC2)/C(=N/O)c2cn(C)cc2C1=O. The van der Waals surface area contributed by atoms with Crippen LogP contribution in [-0.2, 0) is 7.05 Å². The van der Waals surface area contributed by atoms with E-state index in [1.807, 2.05) is 22.7 Å². The Balaban J connectivity index is 1.58. The second-order valence-corrected chi connectivity index (χ2v) is 8.00. The van der Waals surface area contributed by atoms with E-state index < -0.39 is 0 Å². The van der Waals surface area contributed by atoms with E-state index in [4.69, 9.17) is 0 Å². The number of nitrogens with zero attached hydrogens (tertiary/aromatic N) is 5. The normalized spacial score (nSPS) is 21.8. The van der Waals surface area contributed by atoms with Gasteiger partial charge >= 0.3 is 0 Å². The molecule has 8 heteroatoms. The molecule has 7 nitrogen and oxygen atoms in total. The first-order valence-electron chi connectivity index (χ1n) is 10.4. The van der Waals surface area contributed by atoms with Crippen molar-refractivity contribution in [3.05, 3.63) is 53.6 Å². The average molecular weight is 413 g/mol. The summed E-state index contributed by atoms with van der Waals surface area (Å²) >= 11 is 0. The Morgan fingerprint density at radius 2 is 1.77 bits per heavy atom. The van der Waals surface area contributed by atoms with Crippen molar-refractivity contribution in [2.45, 2.75) is 19.4 Å². The summed E-state index contributed by atoms with van der Waals surface area (Å²) in [6.45, 7) is 6.31. The van der Waals surface area contributed by atoms with Crippen molar-refractivity contribution < 1.29 is 14.4 Å². The van der Waals surface area contributed by atoms with Crippen molar-refractivity contribution in [2.75, 3.05) is 44.2 Å². The van der Waals surface area contributed by atoms with Gasteiger partial charge in [-0.05, 0) is 30.7 Å². The molecular weight excluding hydrogens is 385 g/mol. The Morgan fingerprint density at radius 1 is 1.10 bits per heavy atom. The van der Waals surface area contributed by atoms with Gasteiger partial charge in [-0.3, -0.25) is 9.69 Å². The van der Waals surface area contributed by atoms with Crippen LogP contribution in [0.2, 0.25) is 0 Å². The summed E-state index contributed by atoms with van der Waals surface area (Å²) in [5.74, 6) is -0.250. The number of aryl methyl sites for hydroxylation is 1. The third-order valence-electron chi connectivity index (χ3n) is 6.01. The molecule has 1 amide bonds. The lowest BCUT2D eigenvalue weighted by atomic mass is 10.0. The summed E-state index contributed by atoms with van der Waals surface area (Å²) in [5, 5.41) is 13.6. The molecule has 30 heavy (non-hydrogen) atoms. The van der Waals surface area contributed by atoms with E-state index in [1.54, 1.807) is 18.3 Å². The largest absolute Gasteiger partial charge is 0.411 e. The van der Waals surface area contributed by atoms with E-state index in [9.17, 15) is 14.4 Å². The topological polar surface area (TPSA) is 64.3 Å². The highest BCUT2D eigenvalue weighted by Gasteiger charge is 2.37. The van der Waals surface area contributed by atoms with Gasteiger partial charge in [-0.2, -0.15) is 0 Å². The Hall–Kier alpha value is -2.87. The molecule has 0 aliphatic carbocycles. The van der Waals surface area contributed by atoms with E-state index in [2.05, 4.69) is 21.9 Å². The second kappa shape index (κ2) is 8.47. The molecule has 2 aliphatic rings. The van der Waals surface area contributed by atoms with Crippen LogP contribution in [0.1, 0.15) is 29.3 Å². The predicted octanol–water partition coefficient (Wildman–Crippen LogP) is 2.40. The van der Waals surface area contributed by atoms with Gasteiger partial charge in [-0.25, -0.2) is 4.39 Å². The van der Waals surface area contributed by atoms with Gasteiger partial charge in [0.2, 0.25) is 0 Å². The third kappa shape index (κ3) is 3.79. The highest BCUT2D eigenvalue weighted by molar-refractivity contribution is 6.14. The molecule has 0 spiro atoms. The number of carbonyl (C=O) groups excluding carboxylic acids is 1. The van der Waals surface area contributed by atoms with Crippen LogP contribution < -0.4 is 4.90 Å². The molecule has 1 unspecified atom stereocenters. The van der Waals surface area contributed by atoms with Crippen LogP contribution in [0, 0.1) is 5.82 Å². The van der Waals surface area contributed by atoms with Crippen LogP contribution >= 0.6 is 0 Å². The molecule has 3 heterocycles. The maximum absolute atomic E-state index is 13.2. The van der Waals surface area contributed by atoms with E-state index in [-0.39, 0.29) is 17.8 Å². The molecule has 1 N–H and O–H groups in total. The number of benzene rings is 1. The number of halogens is 1. The lowest BCUT2D eigenvalue weighted by Crippen LogP contribution is -2.56. The number of oxime groups is 1. The van der Waals surface area contributed by atoms with Gasteiger partial charge in [-0.15, -0.1) is 0 Å². The Labute approximate surface area is 176 Å². The van der Waals surface area contributed by atoms with Crippen LogP contribution in [-0.4, -0.2) is 76.5 Å². The van der Waals surface area contributed by atoms with Crippen LogP contribution in [0.3, 0.4) is 0 Å². The molecule has 1 saturated heterocycles. The molecule has 2 aliphatic heterocycles. The summed E-state index contributed by atoms with van der Waals surface area (Å²) < 4.78 is 15.1. The fourth-order valence-electron chi connectivity index (χ4n) is 4.50. The smallest absolute Gasteiger partial charge is 0.256 e. The Morgan fingerprint density at radius 3 is 2.40 bits per heavy atom. The Bertz CT molecular complexity index is 932. The number of hydrogen-bond donors (Lipinski definition) is 1. The van der Waals surface area contributed by atoms with Gasteiger partial charge in [0, 0.05) is 70.0 Å². The molecule has 1 fully saturated rings. The second-order valence-electron chi connectivity index (χ2n) is 8.00. The standard InChI is InChI=1S/C22H28FN5O2/c1-3-8-28-15-20(21(24-30)18-13-25(2)14-19(18)22(28)29)27-11-9-26(10-12-27)17-6-4-16(23)5-7-17/h4-7,13-14,20,30H,3,8-12,15H2,1-2H3/b24-21+. The summed E-state index contributed by atoms with van der Waals surface area (Å²) in [7, 11) is 1.87. The summed E-state index contributed by atoms with van der Waals surface area (Å²) in [6.07, 6.45) is 4.53. The minimum absolute atomic E-state index is 0.0129. The number of aromatic nitrogens is 1. The molecule has 160 valence electrons. The Kier molecular flexibility index (Phi) is 5.76. The van der Waals surface area contributed by atoms with Gasteiger partial charge in [-0.1, -0.05) is 12.1 Å². The fourth-order valence-corrected chi connectivity index (χ4v) is 4.50. The van der Waals surface area contributed by atoms with Crippen molar-refractivity contribution in [1.29, 1.82) is 0 Å². The summed E-state index contributed by atoms with van der Waals surface area (Å²) in [5.41, 5.74) is 2.84. The maximum Gasteiger partial charge on any atom is 0.256 e. The minimum atomic E-state index is -0.237. The van der Waals surface area contributed by atoms with E-state index in [0.717, 1.165) is 38.3 Å². The molecule has 4 rings (SSSR count). The van der Waals surface area contributed by atoms with E-state index >= 15 is 0 Å². The van der Waals surface area contributed by atoms with Crippen LogP contribution in [0.4, 0.5) is 10.1 Å². The summed E-state index contributed by atoms with van der Waals surface area (Å²) in [4.78, 5) is 19.5. The van der Waals surface area contributed by atoms with Crippen molar-refractivity contribution in [2.24, 2.45) is 12.2 Å². The molecule has 1 aromatic heterocycles. The molecule has 1 aromatic carbocycles. The number of anilines is 1. The average Bonchev–Trinajstić information content (AvgIpc) is 3.10. The maximum atomic E-state index is 13.2. The number of fused-ring (bicyclic) bond motifs is 1. The molecular formula is C22H28FN5O2. The highest BCUT2D eigenvalue weighted by Crippen LogP contribution is 2.25. The number of rotatable bonds is 4. The first-order valence-corrected chi connectivity index (χ1v) is 10.4. The van der Waals surface area contributed by atoms with Crippen LogP contribution in [0.5, 0.6) is 0 Å². The van der Waals surface area contributed by atoms with Crippen molar-refractivity contribution in [3.8, 4) is 0 Å². The van der Waals surface area contributed by atoms with Gasteiger partial charge in [0.15, 0.2) is 0 Å². The predicted molar refractivity (Wildman–Crippen MR) is 114 cm³/mol. The number of hydrogen-bond acceptors (Lipinski definition) is 5. The summed E-state index contributed by atoms with van der Waals surface area (Å²) in [6, 6.07) is 6.39. The number of carbonyl (C=O) groups is 1. The van der Waals surface area contributed by atoms with Crippen LogP contribution in [0.15, 0.2) is 41.8 Å². The zero-order chi connectivity index (χ0) is 21.3. The van der Waals surface area contributed by atoms with E-state index in [1.165, 1.54) is 12.1 Å². The first-order chi connectivity index (χ1) is 14.5. The minimum Gasteiger partial charge on any atom is -0.411 e. The zero-order valence-corrected chi connectivity index (χ0v) is 17.5. The fraction of sp³-hybridized carbons (Fsp3) is 0.455. The number of piperazine rings is 1. The van der Waals surface area contributed by atoms with Gasteiger partial charge in [0.05, 0.1) is 11.6 Å². The van der Waals surface area contributed by atoms with Gasteiger partial charge in [0.25, 0.3) is 5.91 Å². The zero-order valence-electron chi connectivity index (χ0n) is 17.5. The van der Waals surface area contributed by atoms with Gasteiger partial charge in [0.1, 0.15) is 11.5 Å². The van der Waals surface area contributed by atoms with E-state index in [0.29, 0.717) is 29.9 Å². The lowest BCUT2D eigenvalue weighted by Gasteiger charge is -2.41. The van der Waals surface area contributed by atoms with Crippen LogP contribution in [0.25, 0.3) is 0 Å². The third-order valence-corrected chi connectivity index (χ3v) is 6.01. The lowest BCUT2D eigenvalue weighted by molar-refractivity contribution is 0.0718.